The SMILES string of the molecule is Nc1nc2ccccc2nc1NC1CCCc2sccc21. The molecule has 3 aromatic rings. The van der Waals surface area contributed by atoms with Crippen LogP contribution in [-0.2, 0) is 6.42 Å². The summed E-state index contributed by atoms with van der Waals surface area (Å²) in [5.41, 5.74) is 9.16. The van der Waals surface area contributed by atoms with Gasteiger partial charge in [0, 0.05) is 4.88 Å². The smallest absolute Gasteiger partial charge is 0.170 e. The fourth-order valence-corrected chi connectivity index (χ4v) is 3.91. The minimum Gasteiger partial charge on any atom is -0.381 e. The third-order valence-corrected chi connectivity index (χ3v) is 4.96. The van der Waals surface area contributed by atoms with Crippen molar-refractivity contribution in [1.29, 1.82) is 0 Å². The molecule has 3 N–H and O–H groups in total. The van der Waals surface area contributed by atoms with Gasteiger partial charge in [-0.3, -0.25) is 0 Å². The van der Waals surface area contributed by atoms with E-state index < -0.39 is 0 Å². The molecule has 0 saturated carbocycles. The quantitative estimate of drug-likeness (QED) is 0.755. The molecule has 5 heteroatoms. The highest BCUT2D eigenvalue weighted by atomic mass is 32.1. The number of hydrogen-bond acceptors (Lipinski definition) is 5. The van der Waals surface area contributed by atoms with E-state index in [1.807, 2.05) is 35.6 Å². The zero-order valence-electron chi connectivity index (χ0n) is 11.5. The maximum Gasteiger partial charge on any atom is 0.170 e. The highest BCUT2D eigenvalue weighted by Gasteiger charge is 2.22. The predicted molar refractivity (Wildman–Crippen MR) is 87.6 cm³/mol. The number of para-hydroxylation sites is 2. The van der Waals surface area contributed by atoms with E-state index in [0.717, 1.165) is 17.5 Å². The van der Waals surface area contributed by atoms with E-state index in [2.05, 4.69) is 26.7 Å². The Kier molecular flexibility index (Phi) is 3.00. The van der Waals surface area contributed by atoms with Gasteiger partial charge in [-0.2, -0.15) is 0 Å². The van der Waals surface area contributed by atoms with Gasteiger partial charge in [0.1, 0.15) is 0 Å². The van der Waals surface area contributed by atoms with Gasteiger partial charge in [-0.1, -0.05) is 12.1 Å². The Bertz CT molecular complexity index is 796. The minimum absolute atomic E-state index is 0.290. The number of nitrogens with zero attached hydrogens (tertiary/aromatic N) is 2. The molecule has 4 nitrogen and oxygen atoms in total. The van der Waals surface area contributed by atoms with Gasteiger partial charge in [-0.05, 0) is 48.4 Å². The highest BCUT2D eigenvalue weighted by molar-refractivity contribution is 7.10. The Morgan fingerprint density at radius 2 is 1.95 bits per heavy atom. The van der Waals surface area contributed by atoms with Crippen LogP contribution < -0.4 is 11.1 Å². The lowest BCUT2D eigenvalue weighted by molar-refractivity contribution is 0.607. The van der Waals surface area contributed by atoms with Crippen molar-refractivity contribution in [3.05, 3.63) is 46.2 Å². The second-order valence-corrected chi connectivity index (χ2v) is 6.34. The summed E-state index contributed by atoms with van der Waals surface area (Å²) in [6.07, 6.45) is 3.49. The molecule has 1 aromatic carbocycles. The van der Waals surface area contributed by atoms with Crippen molar-refractivity contribution in [3.63, 3.8) is 0 Å². The van der Waals surface area contributed by atoms with Crippen LogP contribution in [0.1, 0.15) is 29.3 Å². The largest absolute Gasteiger partial charge is 0.381 e. The van der Waals surface area contributed by atoms with Crippen LogP contribution in [0.4, 0.5) is 11.6 Å². The van der Waals surface area contributed by atoms with Gasteiger partial charge in [0.2, 0.25) is 0 Å². The van der Waals surface area contributed by atoms with E-state index in [1.165, 1.54) is 23.3 Å². The summed E-state index contributed by atoms with van der Waals surface area (Å²) >= 11 is 1.84. The molecule has 0 bridgehead atoms. The molecule has 1 unspecified atom stereocenters. The first kappa shape index (κ1) is 12.6. The number of rotatable bonds is 2. The number of benzene rings is 1. The van der Waals surface area contributed by atoms with Crippen LogP contribution in [0.15, 0.2) is 35.7 Å². The number of anilines is 2. The van der Waals surface area contributed by atoms with Crippen LogP contribution in [0.2, 0.25) is 0 Å². The van der Waals surface area contributed by atoms with E-state index in [9.17, 15) is 0 Å². The molecular weight excluding hydrogens is 280 g/mol. The van der Waals surface area contributed by atoms with Crippen molar-refractivity contribution in [2.24, 2.45) is 0 Å². The monoisotopic (exact) mass is 296 g/mol. The second-order valence-electron chi connectivity index (χ2n) is 5.33. The molecular formula is C16H16N4S. The Labute approximate surface area is 127 Å². The third-order valence-electron chi connectivity index (χ3n) is 3.96. The topological polar surface area (TPSA) is 63.8 Å². The number of nitrogens with one attached hydrogen (secondary N) is 1. The third kappa shape index (κ3) is 2.23. The van der Waals surface area contributed by atoms with Crippen molar-refractivity contribution in [2.45, 2.75) is 25.3 Å². The van der Waals surface area contributed by atoms with Crippen LogP contribution in [0, 0.1) is 0 Å². The summed E-state index contributed by atoms with van der Waals surface area (Å²) < 4.78 is 0. The Hall–Kier alpha value is -2.14. The van der Waals surface area contributed by atoms with E-state index >= 15 is 0 Å². The van der Waals surface area contributed by atoms with Crippen LogP contribution in [0.5, 0.6) is 0 Å². The fourth-order valence-electron chi connectivity index (χ4n) is 2.92. The van der Waals surface area contributed by atoms with Gasteiger partial charge >= 0.3 is 0 Å². The zero-order valence-corrected chi connectivity index (χ0v) is 12.4. The lowest BCUT2D eigenvalue weighted by Gasteiger charge is -2.24. The highest BCUT2D eigenvalue weighted by Crippen LogP contribution is 2.36. The number of nitrogen functional groups attached to an aromatic ring is 1. The van der Waals surface area contributed by atoms with Crippen molar-refractivity contribution < 1.29 is 0 Å². The zero-order chi connectivity index (χ0) is 14.2. The summed E-state index contributed by atoms with van der Waals surface area (Å²) in [5.74, 6) is 1.16. The van der Waals surface area contributed by atoms with E-state index in [4.69, 9.17) is 5.73 Å². The normalized spacial score (nSPS) is 17.6. The standard InChI is InChI=1S/C16H16N4S/c17-15-16(20-13-5-2-1-4-12(13)18-15)19-11-6-3-7-14-10(11)8-9-21-14/h1-2,4-5,8-9,11H,3,6-7H2,(H2,17,18)(H,19,20). The number of aryl methyl sites for hydroxylation is 1. The van der Waals surface area contributed by atoms with E-state index in [-0.39, 0.29) is 6.04 Å². The molecule has 0 fully saturated rings. The summed E-state index contributed by atoms with van der Waals surface area (Å²) in [5, 5.41) is 5.66. The molecule has 4 rings (SSSR count). The first-order valence-corrected chi connectivity index (χ1v) is 8.04. The molecule has 0 aliphatic heterocycles. The fraction of sp³-hybridized carbons (Fsp3) is 0.250. The Morgan fingerprint density at radius 3 is 2.81 bits per heavy atom. The maximum absolute atomic E-state index is 6.07. The van der Waals surface area contributed by atoms with Gasteiger partial charge in [0.05, 0.1) is 17.1 Å². The lowest BCUT2D eigenvalue weighted by atomic mass is 9.94. The van der Waals surface area contributed by atoms with Crippen LogP contribution >= 0.6 is 11.3 Å². The molecule has 1 atom stereocenters. The van der Waals surface area contributed by atoms with E-state index in [0.29, 0.717) is 11.6 Å². The molecule has 0 saturated heterocycles. The first-order valence-electron chi connectivity index (χ1n) is 7.16. The summed E-state index contributed by atoms with van der Waals surface area (Å²) in [4.78, 5) is 10.5. The van der Waals surface area contributed by atoms with Crippen molar-refractivity contribution >= 4 is 34.0 Å². The molecule has 21 heavy (non-hydrogen) atoms. The second kappa shape index (κ2) is 5.00. The predicted octanol–water partition coefficient (Wildman–Crippen LogP) is 3.76. The molecule has 1 aliphatic rings. The van der Waals surface area contributed by atoms with Gasteiger partial charge in [-0.25, -0.2) is 9.97 Å². The number of thiophene rings is 1. The molecule has 1 aliphatic carbocycles. The first-order chi connectivity index (χ1) is 10.3. The lowest BCUT2D eigenvalue weighted by Crippen LogP contribution is -2.17. The van der Waals surface area contributed by atoms with Crippen molar-refractivity contribution in [3.8, 4) is 0 Å². The number of nitrogens with two attached hydrogens (primary N) is 1. The van der Waals surface area contributed by atoms with Gasteiger partial charge < -0.3 is 11.1 Å². The average Bonchev–Trinajstić information content (AvgIpc) is 2.97. The number of fused-ring (bicyclic) bond motifs is 2. The molecule has 0 amide bonds. The summed E-state index contributed by atoms with van der Waals surface area (Å²) in [6, 6.07) is 10.3. The molecule has 2 aromatic heterocycles. The summed E-state index contributed by atoms with van der Waals surface area (Å²) in [7, 11) is 0. The maximum atomic E-state index is 6.07. The van der Waals surface area contributed by atoms with Crippen LogP contribution in [0.25, 0.3) is 11.0 Å². The number of aromatic nitrogens is 2. The molecule has 0 radical (unpaired) electrons. The van der Waals surface area contributed by atoms with Crippen LogP contribution in [-0.4, -0.2) is 9.97 Å². The van der Waals surface area contributed by atoms with Gasteiger partial charge in [0.25, 0.3) is 0 Å². The Balaban J connectivity index is 1.71. The summed E-state index contributed by atoms with van der Waals surface area (Å²) in [6.45, 7) is 0. The van der Waals surface area contributed by atoms with Gasteiger partial charge in [0.15, 0.2) is 11.6 Å². The van der Waals surface area contributed by atoms with Crippen LogP contribution in [0.3, 0.4) is 0 Å². The average molecular weight is 296 g/mol. The molecule has 2 heterocycles. The van der Waals surface area contributed by atoms with Crippen molar-refractivity contribution in [2.75, 3.05) is 11.1 Å². The van der Waals surface area contributed by atoms with Gasteiger partial charge in [-0.15, -0.1) is 11.3 Å². The van der Waals surface area contributed by atoms with Crippen molar-refractivity contribution in [1.82, 2.24) is 9.97 Å². The van der Waals surface area contributed by atoms with E-state index in [1.54, 1.807) is 0 Å². The minimum atomic E-state index is 0.290. The molecule has 106 valence electrons. The Morgan fingerprint density at radius 1 is 1.14 bits per heavy atom. The molecule has 0 spiro atoms. The number of hydrogen-bond donors (Lipinski definition) is 2.